The summed E-state index contributed by atoms with van der Waals surface area (Å²) in [5.74, 6) is -0.564. The molecule has 5 aromatic rings. The maximum absolute atomic E-state index is 15.1. The average molecular weight is 657 g/mol. The molecule has 236 valence electrons. The van der Waals surface area contributed by atoms with Crippen LogP contribution in [0.1, 0.15) is 28.7 Å². The van der Waals surface area contributed by atoms with E-state index in [1.807, 2.05) is 60.7 Å². The zero-order chi connectivity index (χ0) is 32.7. The van der Waals surface area contributed by atoms with Crippen LogP contribution < -0.4 is 14.6 Å². The summed E-state index contributed by atoms with van der Waals surface area (Å²) < 4.78 is 32.9. The molecule has 1 N–H and O–H groups in total. The molecule has 0 aliphatic rings. The standard InChI is InChI=1S/C34H33N4O6PS/c1-23(34(40)43-4)22-45(41,44-26-15-13-25(42-3)14-16-26)38-31-21-27(46-32-11-6-5-10-29(32)33(39)35-2)17-18-28(31)30(37-38)19-12-24-9-7-8-20-36-24/h5-21,23H,22H2,1-4H3,(H,35,39)/b19-12+/t23-,45?/m1/s1. The molecule has 2 aromatic heterocycles. The molecule has 46 heavy (non-hydrogen) atoms. The first-order valence-corrected chi connectivity index (χ1v) is 16.9. The van der Waals surface area contributed by atoms with Gasteiger partial charge in [-0.1, -0.05) is 36.9 Å². The quantitative estimate of drug-likeness (QED) is 0.111. The first-order valence-electron chi connectivity index (χ1n) is 14.4. The number of aromatic nitrogens is 3. The highest BCUT2D eigenvalue weighted by Gasteiger charge is 2.36. The molecule has 1 amide bonds. The summed E-state index contributed by atoms with van der Waals surface area (Å²) in [6, 6.07) is 25.3. The van der Waals surface area contributed by atoms with Crippen LogP contribution >= 0.6 is 19.3 Å². The van der Waals surface area contributed by atoms with Gasteiger partial charge >= 0.3 is 13.5 Å². The van der Waals surface area contributed by atoms with Gasteiger partial charge in [-0.15, -0.1) is 0 Å². The van der Waals surface area contributed by atoms with E-state index in [1.165, 1.54) is 23.3 Å². The summed E-state index contributed by atoms with van der Waals surface area (Å²) in [6.07, 6.45) is 5.14. The van der Waals surface area contributed by atoms with Gasteiger partial charge in [-0.05, 0) is 78.9 Å². The number of methoxy groups -OCH3 is 2. The third-order valence-electron chi connectivity index (χ3n) is 7.05. The molecule has 0 radical (unpaired) electrons. The lowest BCUT2D eigenvalue weighted by Gasteiger charge is -2.23. The van der Waals surface area contributed by atoms with Crippen molar-refractivity contribution in [3.8, 4) is 11.5 Å². The van der Waals surface area contributed by atoms with Crippen molar-refractivity contribution < 1.29 is 28.2 Å². The van der Waals surface area contributed by atoms with Gasteiger partial charge in [0, 0.05) is 28.4 Å². The Kier molecular flexibility index (Phi) is 10.2. The molecule has 10 nitrogen and oxygen atoms in total. The summed E-state index contributed by atoms with van der Waals surface area (Å²) in [4.78, 5) is 31.0. The number of nitrogens with zero attached hydrogens (tertiary/aromatic N) is 3. The number of pyridine rings is 1. The van der Waals surface area contributed by atoms with Crippen molar-refractivity contribution in [1.82, 2.24) is 19.9 Å². The Morgan fingerprint density at radius 2 is 1.72 bits per heavy atom. The van der Waals surface area contributed by atoms with Crippen LogP contribution in [0.5, 0.6) is 11.5 Å². The second kappa shape index (κ2) is 14.5. The van der Waals surface area contributed by atoms with Crippen molar-refractivity contribution in [2.24, 2.45) is 5.92 Å². The van der Waals surface area contributed by atoms with Crippen LogP contribution in [0.2, 0.25) is 0 Å². The van der Waals surface area contributed by atoms with E-state index in [0.717, 1.165) is 15.5 Å². The van der Waals surface area contributed by atoms with Gasteiger partial charge in [0.05, 0.1) is 48.8 Å². The molecule has 0 spiro atoms. The van der Waals surface area contributed by atoms with Crippen molar-refractivity contribution >= 4 is 54.2 Å². The summed E-state index contributed by atoms with van der Waals surface area (Å²) in [6.45, 7) is 1.64. The zero-order valence-corrected chi connectivity index (χ0v) is 27.5. The number of amides is 1. The molecule has 12 heteroatoms. The van der Waals surface area contributed by atoms with Gasteiger partial charge in [-0.25, -0.2) is 0 Å². The number of benzene rings is 3. The molecule has 0 aliphatic heterocycles. The van der Waals surface area contributed by atoms with Crippen LogP contribution in [0.15, 0.2) is 101 Å². The number of nitrogens with one attached hydrogen (secondary N) is 1. The number of carbonyl (C=O) groups excluding carboxylic acids is 2. The Hall–Kier alpha value is -4.86. The Balaban J connectivity index is 1.66. The second-order valence-corrected chi connectivity index (χ2v) is 13.5. The molecular formula is C34H33N4O6PS. The highest BCUT2D eigenvalue weighted by atomic mass is 32.2. The fourth-order valence-corrected chi connectivity index (χ4v) is 8.05. The Bertz CT molecular complexity index is 1930. The zero-order valence-electron chi connectivity index (χ0n) is 25.7. The second-order valence-electron chi connectivity index (χ2n) is 10.2. The van der Waals surface area contributed by atoms with Crippen LogP contribution in [-0.4, -0.2) is 53.8 Å². The minimum absolute atomic E-state index is 0.178. The third kappa shape index (κ3) is 7.33. The molecule has 5 rings (SSSR count). The van der Waals surface area contributed by atoms with E-state index in [9.17, 15) is 9.59 Å². The van der Waals surface area contributed by atoms with Gasteiger partial charge in [0.15, 0.2) is 0 Å². The van der Waals surface area contributed by atoms with E-state index in [1.54, 1.807) is 63.7 Å². The minimum atomic E-state index is -3.95. The minimum Gasteiger partial charge on any atom is -0.497 e. The molecule has 0 aliphatic carbocycles. The first kappa shape index (κ1) is 32.5. The number of hydrogen-bond acceptors (Lipinski definition) is 9. The van der Waals surface area contributed by atoms with Gasteiger partial charge in [0.25, 0.3) is 5.91 Å². The maximum atomic E-state index is 15.1. The van der Waals surface area contributed by atoms with Gasteiger partial charge in [0.1, 0.15) is 11.5 Å². The highest BCUT2D eigenvalue weighted by Crippen LogP contribution is 2.52. The Labute approximate surface area is 271 Å². The van der Waals surface area contributed by atoms with E-state index < -0.39 is 19.4 Å². The van der Waals surface area contributed by atoms with E-state index in [2.05, 4.69) is 10.3 Å². The van der Waals surface area contributed by atoms with Gasteiger partial charge in [-0.2, -0.15) is 9.55 Å². The van der Waals surface area contributed by atoms with Crippen molar-refractivity contribution in [3.05, 3.63) is 108 Å². The predicted molar refractivity (Wildman–Crippen MR) is 180 cm³/mol. The number of esters is 1. The summed E-state index contributed by atoms with van der Waals surface area (Å²) in [7, 11) is 0.478. The molecule has 0 saturated carbocycles. The van der Waals surface area contributed by atoms with Crippen LogP contribution in [0.4, 0.5) is 0 Å². The summed E-state index contributed by atoms with van der Waals surface area (Å²) in [5.41, 5.74) is 2.31. The molecule has 0 bridgehead atoms. The summed E-state index contributed by atoms with van der Waals surface area (Å²) >= 11 is 1.39. The van der Waals surface area contributed by atoms with E-state index >= 15 is 4.57 Å². The van der Waals surface area contributed by atoms with Crippen molar-refractivity contribution in [2.75, 3.05) is 27.4 Å². The van der Waals surface area contributed by atoms with Crippen molar-refractivity contribution in [3.63, 3.8) is 0 Å². The highest BCUT2D eigenvalue weighted by molar-refractivity contribution is 7.99. The molecule has 3 aromatic carbocycles. The lowest BCUT2D eigenvalue weighted by Crippen LogP contribution is -2.21. The largest absolute Gasteiger partial charge is 0.497 e. The van der Waals surface area contributed by atoms with Gasteiger partial charge < -0.3 is 19.3 Å². The molecule has 1 unspecified atom stereocenters. The predicted octanol–water partition coefficient (Wildman–Crippen LogP) is 7.05. The van der Waals surface area contributed by atoms with E-state index in [-0.39, 0.29) is 12.1 Å². The van der Waals surface area contributed by atoms with Crippen LogP contribution in [0.25, 0.3) is 23.1 Å². The number of ether oxygens (including phenoxy) is 2. The van der Waals surface area contributed by atoms with E-state index in [4.69, 9.17) is 19.1 Å². The molecule has 0 saturated heterocycles. The SMILES string of the molecule is CNC(=O)c1ccccc1Sc1ccc2c(/C=C/c3ccccn3)nn(P(=O)(C[C@@H](C)C(=O)OC)Oc3ccc(OC)cc3)c2c1. The average Bonchev–Trinajstić information content (AvgIpc) is 3.46. The van der Waals surface area contributed by atoms with Crippen molar-refractivity contribution in [1.29, 1.82) is 0 Å². The number of rotatable bonds is 12. The lowest BCUT2D eigenvalue weighted by molar-refractivity contribution is -0.144. The Morgan fingerprint density at radius 1 is 0.978 bits per heavy atom. The van der Waals surface area contributed by atoms with E-state index in [0.29, 0.717) is 33.7 Å². The van der Waals surface area contributed by atoms with Crippen LogP contribution in [0.3, 0.4) is 0 Å². The smallest absolute Gasteiger partial charge is 0.364 e. The fraction of sp³-hybridized carbons (Fsp3) is 0.176. The molecule has 0 fully saturated rings. The number of carbonyl (C=O) groups is 2. The normalized spacial score (nSPS) is 13.2. The van der Waals surface area contributed by atoms with Gasteiger partial charge in [-0.3, -0.25) is 19.1 Å². The summed E-state index contributed by atoms with van der Waals surface area (Å²) in [5, 5.41) is 8.21. The monoisotopic (exact) mass is 656 g/mol. The maximum Gasteiger partial charge on any atom is 0.364 e. The fourth-order valence-electron chi connectivity index (χ4n) is 4.74. The van der Waals surface area contributed by atoms with Crippen molar-refractivity contribution in [2.45, 2.75) is 16.7 Å². The third-order valence-corrected chi connectivity index (χ3v) is 10.5. The first-order chi connectivity index (χ1) is 22.2. The topological polar surface area (TPSA) is 122 Å². The number of fused-ring (bicyclic) bond motifs is 1. The molecular weight excluding hydrogens is 623 g/mol. The molecule has 2 heterocycles. The van der Waals surface area contributed by atoms with Crippen LogP contribution in [0, 0.1) is 5.92 Å². The number of hydrogen-bond donors (Lipinski definition) is 1. The molecule has 2 atom stereocenters. The lowest BCUT2D eigenvalue weighted by atomic mass is 10.2. The van der Waals surface area contributed by atoms with Crippen LogP contribution in [-0.2, 0) is 14.1 Å². The Morgan fingerprint density at radius 3 is 2.41 bits per heavy atom. The van der Waals surface area contributed by atoms with Gasteiger partial charge in [0.2, 0.25) is 0 Å².